The van der Waals surface area contributed by atoms with Gasteiger partial charge in [-0.15, -0.1) is 0 Å². The van der Waals surface area contributed by atoms with E-state index in [4.69, 9.17) is 10.5 Å². The molecule has 0 saturated carbocycles. The molecule has 6 nitrogen and oxygen atoms in total. The van der Waals surface area contributed by atoms with E-state index in [1.54, 1.807) is 7.11 Å². The Balaban J connectivity index is 1.78. The molecule has 2 aromatic carbocycles. The lowest BCUT2D eigenvalue weighted by Gasteiger charge is -2.13. The molecule has 3 aromatic rings. The summed E-state index contributed by atoms with van der Waals surface area (Å²) in [4.78, 5) is 8.47. The van der Waals surface area contributed by atoms with Crippen LogP contribution in [0.3, 0.4) is 0 Å². The van der Waals surface area contributed by atoms with Crippen LogP contribution in [0.15, 0.2) is 54.9 Å². The largest absolute Gasteiger partial charge is 0.497 e. The quantitative estimate of drug-likeness (QED) is 0.628. The molecule has 25 heavy (non-hydrogen) atoms. The molecule has 4 N–H and O–H groups in total. The maximum atomic E-state index is 6.22. The third-order valence-electron chi connectivity index (χ3n) is 3.86. The van der Waals surface area contributed by atoms with Gasteiger partial charge in [0.15, 0.2) is 11.6 Å². The molecule has 0 unspecified atom stereocenters. The Morgan fingerprint density at radius 2 is 1.40 bits per heavy atom. The molecule has 0 aliphatic carbocycles. The fourth-order valence-electron chi connectivity index (χ4n) is 2.37. The van der Waals surface area contributed by atoms with Crippen LogP contribution in [0, 0.1) is 0 Å². The third-order valence-corrected chi connectivity index (χ3v) is 3.86. The molecular formula is C19H21N5O. The number of ether oxygens (including phenoxy) is 1. The molecule has 0 radical (unpaired) electrons. The molecule has 0 fully saturated rings. The van der Waals surface area contributed by atoms with E-state index in [2.05, 4.69) is 39.7 Å². The van der Waals surface area contributed by atoms with Gasteiger partial charge >= 0.3 is 0 Å². The summed E-state index contributed by atoms with van der Waals surface area (Å²) >= 11 is 0. The molecular weight excluding hydrogens is 314 g/mol. The SMILES string of the molecule is CCc1ccc(Nc2ncnc(Nc3ccc(OC)cc3)c2N)cc1. The van der Waals surface area contributed by atoms with E-state index in [9.17, 15) is 0 Å². The first-order valence-electron chi connectivity index (χ1n) is 8.07. The molecule has 0 aliphatic heterocycles. The number of hydrogen-bond acceptors (Lipinski definition) is 6. The summed E-state index contributed by atoms with van der Waals surface area (Å²) in [5.41, 5.74) is 9.75. The van der Waals surface area contributed by atoms with Crippen LogP contribution in [0.4, 0.5) is 28.7 Å². The van der Waals surface area contributed by atoms with Crippen LogP contribution < -0.4 is 21.1 Å². The highest BCUT2D eigenvalue weighted by atomic mass is 16.5. The van der Waals surface area contributed by atoms with Gasteiger partial charge in [0, 0.05) is 11.4 Å². The normalized spacial score (nSPS) is 10.3. The van der Waals surface area contributed by atoms with Crippen LogP contribution in [-0.4, -0.2) is 17.1 Å². The fraction of sp³-hybridized carbons (Fsp3) is 0.158. The number of benzene rings is 2. The average Bonchev–Trinajstić information content (AvgIpc) is 2.66. The van der Waals surface area contributed by atoms with Crippen LogP contribution >= 0.6 is 0 Å². The molecule has 1 heterocycles. The summed E-state index contributed by atoms with van der Waals surface area (Å²) in [7, 11) is 1.63. The highest BCUT2D eigenvalue weighted by Gasteiger charge is 2.09. The zero-order valence-electron chi connectivity index (χ0n) is 14.3. The van der Waals surface area contributed by atoms with Gasteiger partial charge < -0.3 is 21.1 Å². The maximum absolute atomic E-state index is 6.22. The summed E-state index contributed by atoms with van der Waals surface area (Å²) in [6.07, 6.45) is 2.48. The standard InChI is InChI=1S/C19H21N5O/c1-3-13-4-6-14(7-5-13)23-18-17(20)19(22-12-21-18)24-15-8-10-16(25-2)11-9-15/h4-12H,3,20H2,1-2H3,(H2,21,22,23,24). The van der Waals surface area contributed by atoms with Crippen LogP contribution in [0.5, 0.6) is 5.75 Å². The van der Waals surface area contributed by atoms with E-state index in [1.165, 1.54) is 11.9 Å². The molecule has 0 spiro atoms. The van der Waals surface area contributed by atoms with Gasteiger partial charge in [0.1, 0.15) is 17.8 Å². The number of nitrogens with one attached hydrogen (secondary N) is 2. The van der Waals surface area contributed by atoms with E-state index < -0.39 is 0 Å². The van der Waals surface area contributed by atoms with Gasteiger partial charge in [-0.2, -0.15) is 0 Å². The molecule has 0 amide bonds. The predicted molar refractivity (Wildman–Crippen MR) is 102 cm³/mol. The van der Waals surface area contributed by atoms with E-state index in [-0.39, 0.29) is 0 Å². The van der Waals surface area contributed by atoms with Crippen molar-refractivity contribution in [1.82, 2.24) is 9.97 Å². The van der Waals surface area contributed by atoms with Crippen molar-refractivity contribution < 1.29 is 4.74 Å². The monoisotopic (exact) mass is 335 g/mol. The van der Waals surface area contributed by atoms with Gasteiger partial charge in [-0.05, 0) is 48.4 Å². The Labute approximate surface area is 147 Å². The second-order valence-electron chi connectivity index (χ2n) is 5.51. The van der Waals surface area contributed by atoms with Gasteiger partial charge in [-0.1, -0.05) is 19.1 Å². The van der Waals surface area contributed by atoms with Crippen molar-refractivity contribution in [3.05, 3.63) is 60.4 Å². The van der Waals surface area contributed by atoms with Gasteiger partial charge in [-0.25, -0.2) is 9.97 Å². The fourth-order valence-corrected chi connectivity index (χ4v) is 2.37. The van der Waals surface area contributed by atoms with Crippen LogP contribution in [0.25, 0.3) is 0 Å². The lowest BCUT2D eigenvalue weighted by Crippen LogP contribution is -2.05. The maximum Gasteiger partial charge on any atom is 0.159 e. The van der Waals surface area contributed by atoms with E-state index in [0.717, 1.165) is 23.5 Å². The summed E-state index contributed by atoms with van der Waals surface area (Å²) in [6.45, 7) is 2.13. The van der Waals surface area contributed by atoms with Crippen molar-refractivity contribution in [2.24, 2.45) is 0 Å². The van der Waals surface area contributed by atoms with Crippen molar-refractivity contribution in [2.75, 3.05) is 23.5 Å². The molecule has 0 saturated heterocycles. The number of nitrogens with two attached hydrogens (primary N) is 1. The predicted octanol–water partition coefficient (Wildman–Crippen LogP) is 4.12. The summed E-state index contributed by atoms with van der Waals surface area (Å²) in [6, 6.07) is 15.7. The first-order valence-corrected chi connectivity index (χ1v) is 8.07. The summed E-state index contributed by atoms with van der Waals surface area (Å²) in [5.74, 6) is 1.90. The molecule has 0 bridgehead atoms. The number of methoxy groups -OCH3 is 1. The number of aromatic nitrogens is 2. The molecule has 0 aliphatic rings. The van der Waals surface area contributed by atoms with Gasteiger partial charge in [0.2, 0.25) is 0 Å². The second kappa shape index (κ2) is 7.53. The van der Waals surface area contributed by atoms with Crippen LogP contribution in [0.2, 0.25) is 0 Å². The molecule has 1 aromatic heterocycles. The number of hydrogen-bond donors (Lipinski definition) is 3. The average molecular weight is 335 g/mol. The molecule has 128 valence electrons. The molecule has 0 atom stereocenters. The lowest BCUT2D eigenvalue weighted by atomic mass is 10.1. The smallest absolute Gasteiger partial charge is 0.159 e. The highest BCUT2D eigenvalue weighted by Crippen LogP contribution is 2.28. The Hall–Kier alpha value is -3.28. The summed E-state index contributed by atoms with van der Waals surface area (Å²) in [5, 5.41) is 6.43. The minimum Gasteiger partial charge on any atom is -0.497 e. The van der Waals surface area contributed by atoms with E-state index in [1.807, 2.05) is 36.4 Å². The van der Waals surface area contributed by atoms with E-state index in [0.29, 0.717) is 17.3 Å². The van der Waals surface area contributed by atoms with Gasteiger partial charge in [0.25, 0.3) is 0 Å². The number of nitrogen functional groups attached to an aromatic ring is 1. The topological polar surface area (TPSA) is 85.1 Å². The molecule has 6 heteroatoms. The highest BCUT2D eigenvalue weighted by molar-refractivity contribution is 5.80. The van der Waals surface area contributed by atoms with Crippen molar-refractivity contribution in [2.45, 2.75) is 13.3 Å². The van der Waals surface area contributed by atoms with Crippen LogP contribution in [0.1, 0.15) is 12.5 Å². The van der Waals surface area contributed by atoms with Crippen molar-refractivity contribution in [1.29, 1.82) is 0 Å². The van der Waals surface area contributed by atoms with Gasteiger partial charge in [-0.3, -0.25) is 0 Å². The first kappa shape index (κ1) is 16.6. The Morgan fingerprint density at radius 1 is 0.880 bits per heavy atom. The van der Waals surface area contributed by atoms with Gasteiger partial charge in [0.05, 0.1) is 7.11 Å². The Morgan fingerprint density at radius 3 is 1.88 bits per heavy atom. The number of anilines is 5. The van der Waals surface area contributed by atoms with Crippen molar-refractivity contribution >= 4 is 28.7 Å². The van der Waals surface area contributed by atoms with Crippen LogP contribution in [-0.2, 0) is 6.42 Å². The summed E-state index contributed by atoms with van der Waals surface area (Å²) < 4.78 is 5.16. The zero-order chi connectivity index (χ0) is 17.6. The van der Waals surface area contributed by atoms with E-state index >= 15 is 0 Å². The minimum absolute atomic E-state index is 0.456. The number of rotatable bonds is 6. The zero-order valence-corrected chi connectivity index (χ0v) is 14.3. The van der Waals surface area contributed by atoms with Crippen molar-refractivity contribution in [3.63, 3.8) is 0 Å². The Bertz CT molecular complexity index is 764. The minimum atomic E-state index is 0.456. The Kier molecular flexibility index (Phi) is 4.99. The van der Waals surface area contributed by atoms with Crippen molar-refractivity contribution in [3.8, 4) is 5.75 Å². The number of nitrogens with zero attached hydrogens (tertiary/aromatic N) is 2. The first-order chi connectivity index (χ1) is 12.2. The second-order valence-corrected chi connectivity index (χ2v) is 5.51. The molecule has 3 rings (SSSR count). The number of aryl methyl sites for hydroxylation is 1. The third kappa shape index (κ3) is 3.98. The lowest BCUT2D eigenvalue weighted by molar-refractivity contribution is 0.415.